The van der Waals surface area contributed by atoms with Gasteiger partial charge in [-0.25, -0.2) is 9.97 Å². The molecule has 0 amide bonds. The van der Waals surface area contributed by atoms with Crippen LogP contribution in [0.3, 0.4) is 0 Å². The van der Waals surface area contributed by atoms with Crippen molar-refractivity contribution < 1.29 is 27.4 Å². The van der Waals surface area contributed by atoms with Crippen LogP contribution >= 0.6 is 19.6 Å². The van der Waals surface area contributed by atoms with Crippen LogP contribution in [0.15, 0.2) is 24.4 Å². The molecule has 1 aromatic heterocycles. The summed E-state index contributed by atoms with van der Waals surface area (Å²) in [5.74, 6) is 0.321. The van der Waals surface area contributed by atoms with E-state index >= 15 is 0 Å². The van der Waals surface area contributed by atoms with E-state index in [4.69, 9.17) is 21.2 Å². The normalized spacial score (nSPS) is 12.0. The Morgan fingerprint density at radius 2 is 2.12 bits per heavy atom. The minimum Gasteiger partial charge on any atom is -0.495 e. The van der Waals surface area contributed by atoms with Crippen molar-refractivity contribution in [3.63, 3.8) is 0 Å². The maximum Gasteiger partial charge on any atom is 0.505 e. The molecule has 1 heterocycles. The van der Waals surface area contributed by atoms with E-state index in [0.29, 0.717) is 30.5 Å². The molecule has 0 spiro atoms. The SMILES string of the molecule is COc1cc(CCC[P+](=O)O)ccc1Nc1ncc(C(F)(F)F)c(Cl)n1. The molecule has 2 aromatic rings. The van der Waals surface area contributed by atoms with Crippen LogP contribution in [0.4, 0.5) is 24.8 Å². The summed E-state index contributed by atoms with van der Waals surface area (Å²) in [7, 11) is -0.725. The van der Waals surface area contributed by atoms with Gasteiger partial charge in [-0.1, -0.05) is 17.7 Å². The molecule has 0 aliphatic rings. The van der Waals surface area contributed by atoms with Crippen LogP contribution in [-0.2, 0) is 17.2 Å². The molecular formula is C15H15ClF3N3O3P+. The quantitative estimate of drug-likeness (QED) is 0.516. The van der Waals surface area contributed by atoms with Crippen LogP contribution in [0.1, 0.15) is 17.5 Å². The maximum atomic E-state index is 12.7. The molecule has 2 N–H and O–H groups in total. The first-order valence-corrected chi connectivity index (χ1v) is 9.15. The highest BCUT2D eigenvalue weighted by Gasteiger charge is 2.34. The molecule has 11 heteroatoms. The number of aromatic nitrogens is 2. The summed E-state index contributed by atoms with van der Waals surface area (Å²) in [6.07, 6.45) is -2.70. The van der Waals surface area contributed by atoms with Crippen LogP contribution < -0.4 is 10.1 Å². The first kappa shape index (κ1) is 20.4. The minimum absolute atomic E-state index is 0.105. The summed E-state index contributed by atoms with van der Waals surface area (Å²) in [4.78, 5) is 16.0. The first-order valence-electron chi connectivity index (χ1n) is 7.38. The molecule has 0 bridgehead atoms. The second kappa shape index (κ2) is 8.62. The van der Waals surface area contributed by atoms with Crippen molar-refractivity contribution >= 4 is 31.3 Å². The second-order valence-corrected chi connectivity index (χ2v) is 6.74. The van der Waals surface area contributed by atoms with Crippen molar-refractivity contribution in [1.82, 2.24) is 9.97 Å². The Kier molecular flexibility index (Phi) is 6.75. The van der Waals surface area contributed by atoms with Gasteiger partial charge in [0.1, 0.15) is 16.5 Å². The molecule has 0 saturated heterocycles. The van der Waals surface area contributed by atoms with Gasteiger partial charge < -0.3 is 10.1 Å². The zero-order valence-electron chi connectivity index (χ0n) is 13.5. The number of hydrogen-bond donors (Lipinski definition) is 2. The van der Waals surface area contributed by atoms with Gasteiger partial charge in [-0.05, 0) is 35.1 Å². The molecule has 0 aliphatic heterocycles. The number of alkyl halides is 3. The standard InChI is InChI=1S/C15H14ClF3N3O3P/c1-25-12-7-9(3-2-6-26(23)24)4-5-11(12)21-14-20-8-10(13(16)22-14)15(17,18)19/h4-5,7-8H,2-3,6H2,1H3,(H-,20,21,22,23,24)/p+1. The Labute approximate surface area is 153 Å². The summed E-state index contributed by atoms with van der Waals surface area (Å²) in [5.41, 5.74) is 0.213. The average molecular weight is 409 g/mol. The van der Waals surface area contributed by atoms with Crippen molar-refractivity contribution in [2.75, 3.05) is 18.6 Å². The van der Waals surface area contributed by atoms with Crippen molar-refractivity contribution in [3.8, 4) is 5.75 Å². The van der Waals surface area contributed by atoms with Gasteiger partial charge in [0.25, 0.3) is 0 Å². The number of nitrogens with zero attached hydrogens (tertiary/aromatic N) is 2. The fraction of sp³-hybridized carbons (Fsp3) is 0.333. The van der Waals surface area contributed by atoms with Crippen molar-refractivity contribution in [3.05, 3.63) is 40.7 Å². The summed E-state index contributed by atoms with van der Waals surface area (Å²) in [6, 6.07) is 5.14. The number of aryl methyl sites for hydroxylation is 1. The number of halogens is 4. The number of benzene rings is 1. The topological polar surface area (TPSA) is 84.3 Å². The molecule has 0 saturated carbocycles. The van der Waals surface area contributed by atoms with Gasteiger partial charge in [0, 0.05) is 6.20 Å². The van der Waals surface area contributed by atoms with Crippen molar-refractivity contribution in [1.29, 1.82) is 0 Å². The lowest BCUT2D eigenvalue weighted by Gasteiger charge is -2.13. The largest absolute Gasteiger partial charge is 0.505 e. The Hall–Kier alpha value is -1.96. The smallest absolute Gasteiger partial charge is 0.495 e. The molecule has 0 radical (unpaired) electrons. The predicted octanol–water partition coefficient (Wildman–Crippen LogP) is 4.57. The molecule has 140 valence electrons. The Bertz CT molecular complexity index is 805. The van der Waals surface area contributed by atoms with Gasteiger partial charge in [-0.2, -0.15) is 18.1 Å². The lowest BCUT2D eigenvalue weighted by atomic mass is 10.1. The van der Waals surface area contributed by atoms with E-state index in [9.17, 15) is 17.7 Å². The van der Waals surface area contributed by atoms with Gasteiger partial charge in [-0.3, -0.25) is 0 Å². The second-order valence-electron chi connectivity index (χ2n) is 5.23. The van der Waals surface area contributed by atoms with Crippen LogP contribution in [-0.4, -0.2) is 28.1 Å². The van der Waals surface area contributed by atoms with Gasteiger partial charge in [0.2, 0.25) is 5.95 Å². The number of anilines is 2. The molecule has 1 unspecified atom stereocenters. The van der Waals surface area contributed by atoms with Gasteiger partial charge >= 0.3 is 14.2 Å². The number of methoxy groups -OCH3 is 1. The molecule has 26 heavy (non-hydrogen) atoms. The number of rotatable bonds is 7. The fourth-order valence-electron chi connectivity index (χ4n) is 2.14. The predicted molar refractivity (Wildman–Crippen MR) is 91.3 cm³/mol. The van der Waals surface area contributed by atoms with Crippen molar-refractivity contribution in [2.24, 2.45) is 0 Å². The van der Waals surface area contributed by atoms with Crippen LogP contribution in [0, 0.1) is 0 Å². The highest BCUT2D eigenvalue weighted by molar-refractivity contribution is 7.37. The van der Waals surface area contributed by atoms with Gasteiger partial charge in [0.15, 0.2) is 6.16 Å². The first-order chi connectivity index (χ1) is 12.2. The van der Waals surface area contributed by atoms with Gasteiger partial charge in [-0.15, -0.1) is 0 Å². The van der Waals surface area contributed by atoms with E-state index in [1.165, 1.54) is 7.11 Å². The van der Waals surface area contributed by atoms with E-state index in [-0.39, 0.29) is 12.1 Å². The monoisotopic (exact) mass is 408 g/mol. The molecule has 2 rings (SSSR count). The molecule has 1 atom stereocenters. The summed E-state index contributed by atoms with van der Waals surface area (Å²) >= 11 is 5.58. The molecular weight excluding hydrogens is 394 g/mol. The lowest BCUT2D eigenvalue weighted by molar-refractivity contribution is -0.137. The summed E-state index contributed by atoms with van der Waals surface area (Å²) in [5, 5.41) is 2.05. The fourth-order valence-corrected chi connectivity index (χ4v) is 2.81. The minimum atomic E-state index is -4.63. The van der Waals surface area contributed by atoms with Crippen molar-refractivity contribution in [2.45, 2.75) is 19.0 Å². The van der Waals surface area contributed by atoms with Crippen LogP contribution in [0.2, 0.25) is 5.15 Å². The molecule has 0 fully saturated rings. The zero-order chi connectivity index (χ0) is 19.3. The Balaban J connectivity index is 2.16. The summed E-state index contributed by atoms with van der Waals surface area (Å²) in [6.45, 7) is 0. The summed E-state index contributed by atoms with van der Waals surface area (Å²) < 4.78 is 54.0. The third kappa shape index (κ3) is 5.52. The molecule has 1 aromatic carbocycles. The van der Waals surface area contributed by atoms with E-state index in [1.54, 1.807) is 18.2 Å². The number of ether oxygens (including phenoxy) is 1. The molecule has 6 nitrogen and oxygen atoms in total. The average Bonchev–Trinajstić information content (AvgIpc) is 2.54. The molecule has 0 aliphatic carbocycles. The number of nitrogens with one attached hydrogen (secondary N) is 1. The highest BCUT2D eigenvalue weighted by Crippen LogP contribution is 2.34. The zero-order valence-corrected chi connectivity index (χ0v) is 15.2. The lowest BCUT2D eigenvalue weighted by Crippen LogP contribution is -2.09. The number of hydrogen-bond acceptors (Lipinski definition) is 5. The van der Waals surface area contributed by atoms with E-state index in [2.05, 4.69) is 15.3 Å². The van der Waals surface area contributed by atoms with E-state index in [0.717, 1.165) is 5.56 Å². The Morgan fingerprint density at radius 3 is 2.69 bits per heavy atom. The van der Waals surface area contributed by atoms with Crippen LogP contribution in [0.5, 0.6) is 5.75 Å². The van der Waals surface area contributed by atoms with Crippen LogP contribution in [0.25, 0.3) is 0 Å². The highest BCUT2D eigenvalue weighted by atomic mass is 35.5. The van der Waals surface area contributed by atoms with E-state index < -0.39 is 24.9 Å². The third-order valence-corrected chi connectivity index (χ3v) is 4.36. The van der Waals surface area contributed by atoms with E-state index in [1.807, 2.05) is 0 Å². The third-order valence-electron chi connectivity index (χ3n) is 3.37. The maximum absolute atomic E-state index is 12.7. The Morgan fingerprint density at radius 1 is 1.38 bits per heavy atom. The van der Waals surface area contributed by atoms with Gasteiger partial charge in [0.05, 0.1) is 12.8 Å².